The topological polar surface area (TPSA) is 55.4 Å². The molecule has 2 rings (SSSR count). The average molecular weight is 325 g/mol. The molecule has 1 atom stereocenters. The highest BCUT2D eigenvalue weighted by Gasteiger charge is 2.23. The molecule has 2 aromatic rings. The first kappa shape index (κ1) is 17.7. The standard InChI is InChI=1S/C20H23NO3/c1-14-8-7-9-15(2)17(14)13-18(20(23)24-3)21-19(22)12-16-10-5-4-6-11-16/h4-11,18H,12-13H2,1-3H3,(H,21,22)/t18-/m1/s1. The number of amides is 1. The molecular weight excluding hydrogens is 302 g/mol. The van der Waals surface area contributed by atoms with E-state index in [0.29, 0.717) is 6.42 Å². The molecule has 0 spiro atoms. The summed E-state index contributed by atoms with van der Waals surface area (Å²) in [6.45, 7) is 4.00. The number of benzene rings is 2. The minimum atomic E-state index is -0.689. The van der Waals surface area contributed by atoms with Crippen LogP contribution in [-0.4, -0.2) is 25.0 Å². The van der Waals surface area contributed by atoms with Crippen molar-refractivity contribution in [1.82, 2.24) is 5.32 Å². The van der Waals surface area contributed by atoms with Gasteiger partial charge in [0.2, 0.25) is 5.91 Å². The lowest BCUT2D eigenvalue weighted by molar-refractivity contribution is -0.145. The van der Waals surface area contributed by atoms with Gasteiger partial charge in [-0.15, -0.1) is 0 Å². The highest BCUT2D eigenvalue weighted by atomic mass is 16.5. The minimum absolute atomic E-state index is 0.192. The van der Waals surface area contributed by atoms with Crippen LogP contribution in [0.1, 0.15) is 22.3 Å². The van der Waals surface area contributed by atoms with E-state index in [-0.39, 0.29) is 12.3 Å². The molecule has 1 amide bonds. The largest absolute Gasteiger partial charge is 0.467 e. The predicted octanol–water partition coefficient (Wildman–Crippen LogP) is 2.75. The number of esters is 1. The van der Waals surface area contributed by atoms with E-state index in [1.54, 1.807) is 0 Å². The highest BCUT2D eigenvalue weighted by Crippen LogP contribution is 2.16. The molecule has 4 nitrogen and oxygen atoms in total. The number of hydrogen-bond donors (Lipinski definition) is 1. The van der Waals surface area contributed by atoms with Gasteiger partial charge in [-0.25, -0.2) is 4.79 Å². The second kappa shape index (κ2) is 8.29. The summed E-state index contributed by atoms with van der Waals surface area (Å²) in [6.07, 6.45) is 0.660. The molecule has 0 radical (unpaired) electrons. The van der Waals surface area contributed by atoms with Crippen molar-refractivity contribution in [2.75, 3.05) is 7.11 Å². The average Bonchev–Trinajstić information content (AvgIpc) is 2.57. The maximum atomic E-state index is 12.3. The van der Waals surface area contributed by atoms with Crippen molar-refractivity contribution in [1.29, 1.82) is 0 Å². The third-order valence-electron chi connectivity index (χ3n) is 4.08. The normalized spacial score (nSPS) is 11.6. The maximum Gasteiger partial charge on any atom is 0.328 e. The van der Waals surface area contributed by atoms with Crippen molar-refractivity contribution in [3.8, 4) is 0 Å². The van der Waals surface area contributed by atoms with Crippen LogP contribution in [0.5, 0.6) is 0 Å². The highest BCUT2D eigenvalue weighted by molar-refractivity contribution is 5.85. The second-order valence-corrected chi connectivity index (χ2v) is 5.88. The van der Waals surface area contributed by atoms with Crippen molar-refractivity contribution in [3.05, 3.63) is 70.8 Å². The van der Waals surface area contributed by atoms with Gasteiger partial charge in [-0.2, -0.15) is 0 Å². The smallest absolute Gasteiger partial charge is 0.328 e. The van der Waals surface area contributed by atoms with Gasteiger partial charge < -0.3 is 10.1 Å². The molecule has 126 valence electrons. The number of nitrogens with one attached hydrogen (secondary N) is 1. The van der Waals surface area contributed by atoms with E-state index < -0.39 is 12.0 Å². The Bertz CT molecular complexity index is 690. The molecule has 0 heterocycles. The number of methoxy groups -OCH3 is 1. The van der Waals surface area contributed by atoms with Crippen molar-refractivity contribution < 1.29 is 14.3 Å². The fourth-order valence-electron chi connectivity index (χ4n) is 2.74. The van der Waals surface area contributed by atoms with Crippen LogP contribution in [0.2, 0.25) is 0 Å². The van der Waals surface area contributed by atoms with E-state index in [0.717, 1.165) is 22.3 Å². The molecule has 0 aromatic heterocycles. The third-order valence-corrected chi connectivity index (χ3v) is 4.08. The van der Waals surface area contributed by atoms with Gasteiger partial charge in [0, 0.05) is 6.42 Å². The van der Waals surface area contributed by atoms with Gasteiger partial charge in [-0.1, -0.05) is 48.5 Å². The van der Waals surface area contributed by atoms with Crippen molar-refractivity contribution >= 4 is 11.9 Å². The van der Waals surface area contributed by atoms with E-state index in [1.165, 1.54) is 7.11 Å². The van der Waals surface area contributed by atoms with Crippen LogP contribution in [-0.2, 0) is 27.2 Å². The molecule has 2 aromatic carbocycles. The van der Waals surface area contributed by atoms with E-state index in [9.17, 15) is 9.59 Å². The van der Waals surface area contributed by atoms with Crippen molar-refractivity contribution in [3.63, 3.8) is 0 Å². The summed E-state index contributed by atoms with van der Waals surface area (Å²) in [6, 6.07) is 14.7. The molecule has 24 heavy (non-hydrogen) atoms. The Morgan fingerprint density at radius 2 is 1.62 bits per heavy atom. The van der Waals surface area contributed by atoms with Crippen LogP contribution in [0.3, 0.4) is 0 Å². The van der Waals surface area contributed by atoms with Crippen LogP contribution in [0, 0.1) is 13.8 Å². The van der Waals surface area contributed by atoms with Crippen LogP contribution in [0.15, 0.2) is 48.5 Å². The number of hydrogen-bond acceptors (Lipinski definition) is 3. The van der Waals surface area contributed by atoms with Gasteiger partial charge in [0.1, 0.15) is 6.04 Å². The summed E-state index contributed by atoms with van der Waals surface area (Å²) in [5.41, 5.74) is 4.17. The van der Waals surface area contributed by atoms with Crippen LogP contribution in [0.4, 0.5) is 0 Å². The number of rotatable bonds is 6. The number of aryl methyl sites for hydroxylation is 2. The summed E-state index contributed by atoms with van der Waals surface area (Å²) in [5.74, 6) is -0.623. The molecule has 0 aliphatic heterocycles. The van der Waals surface area contributed by atoms with E-state index >= 15 is 0 Å². The Labute approximate surface area is 142 Å². The first-order valence-corrected chi connectivity index (χ1v) is 7.97. The summed E-state index contributed by atoms with van der Waals surface area (Å²) in [4.78, 5) is 24.4. The molecule has 0 bridgehead atoms. The molecule has 0 unspecified atom stereocenters. The number of carbonyl (C=O) groups excluding carboxylic acids is 2. The van der Waals surface area contributed by atoms with Gasteiger partial charge >= 0.3 is 5.97 Å². The Balaban J connectivity index is 2.11. The Kier molecular flexibility index (Phi) is 6.13. The fraction of sp³-hybridized carbons (Fsp3) is 0.300. The van der Waals surface area contributed by atoms with E-state index in [1.807, 2.05) is 62.4 Å². The lowest BCUT2D eigenvalue weighted by atomic mass is 9.96. The molecule has 4 heteroatoms. The predicted molar refractivity (Wildman–Crippen MR) is 93.7 cm³/mol. The van der Waals surface area contributed by atoms with Crippen molar-refractivity contribution in [2.24, 2.45) is 0 Å². The molecule has 0 saturated carbocycles. The SMILES string of the molecule is COC(=O)[C@@H](Cc1c(C)cccc1C)NC(=O)Cc1ccccc1. The zero-order chi connectivity index (χ0) is 17.5. The zero-order valence-electron chi connectivity index (χ0n) is 14.3. The monoisotopic (exact) mass is 325 g/mol. The van der Waals surface area contributed by atoms with Crippen LogP contribution in [0.25, 0.3) is 0 Å². The van der Waals surface area contributed by atoms with Crippen LogP contribution >= 0.6 is 0 Å². The van der Waals surface area contributed by atoms with Crippen molar-refractivity contribution in [2.45, 2.75) is 32.7 Å². The minimum Gasteiger partial charge on any atom is -0.467 e. The summed E-state index contributed by atoms with van der Waals surface area (Å²) in [5, 5.41) is 2.81. The van der Waals surface area contributed by atoms with Gasteiger partial charge in [0.05, 0.1) is 13.5 Å². The summed E-state index contributed by atoms with van der Waals surface area (Å²) in [7, 11) is 1.34. The summed E-state index contributed by atoms with van der Waals surface area (Å²) >= 11 is 0. The fourth-order valence-corrected chi connectivity index (χ4v) is 2.74. The van der Waals surface area contributed by atoms with E-state index in [4.69, 9.17) is 4.74 Å². The molecule has 0 aliphatic carbocycles. The zero-order valence-corrected chi connectivity index (χ0v) is 14.3. The van der Waals surface area contributed by atoms with Gasteiger partial charge in [-0.05, 0) is 36.1 Å². The lowest BCUT2D eigenvalue weighted by Crippen LogP contribution is -2.44. The first-order valence-electron chi connectivity index (χ1n) is 7.97. The first-order chi connectivity index (χ1) is 11.5. The molecule has 0 saturated heterocycles. The summed E-state index contributed by atoms with van der Waals surface area (Å²) < 4.78 is 4.86. The second-order valence-electron chi connectivity index (χ2n) is 5.88. The lowest BCUT2D eigenvalue weighted by Gasteiger charge is -2.19. The van der Waals surface area contributed by atoms with Gasteiger partial charge in [0.25, 0.3) is 0 Å². The molecular formula is C20H23NO3. The van der Waals surface area contributed by atoms with Gasteiger partial charge in [-0.3, -0.25) is 4.79 Å². The number of carbonyl (C=O) groups is 2. The molecule has 0 fully saturated rings. The third kappa shape index (κ3) is 4.69. The quantitative estimate of drug-likeness (QED) is 0.831. The number of ether oxygens (including phenoxy) is 1. The Hall–Kier alpha value is -2.62. The van der Waals surface area contributed by atoms with Crippen LogP contribution < -0.4 is 5.32 Å². The molecule has 1 N–H and O–H groups in total. The Morgan fingerprint density at radius 3 is 2.21 bits per heavy atom. The Morgan fingerprint density at radius 1 is 1.00 bits per heavy atom. The maximum absolute atomic E-state index is 12.3. The van der Waals surface area contributed by atoms with E-state index in [2.05, 4.69) is 5.32 Å². The molecule has 0 aliphatic rings. The van der Waals surface area contributed by atoms with Gasteiger partial charge in [0.15, 0.2) is 0 Å².